The molecule has 0 bridgehead atoms. The number of benzene rings is 2. The molecular weight excluding hydrogens is 366 g/mol. The lowest BCUT2D eigenvalue weighted by atomic mass is 10.2. The van der Waals surface area contributed by atoms with Gasteiger partial charge >= 0.3 is 0 Å². The van der Waals surface area contributed by atoms with Crippen LogP contribution < -0.4 is 10.9 Å². The van der Waals surface area contributed by atoms with Gasteiger partial charge in [0.2, 0.25) is 0 Å². The Morgan fingerprint density at radius 2 is 1.83 bits per heavy atom. The monoisotopic (exact) mass is 383 g/mol. The van der Waals surface area contributed by atoms with E-state index in [1.54, 1.807) is 6.33 Å². The van der Waals surface area contributed by atoms with Gasteiger partial charge in [-0.3, -0.25) is 9.89 Å². The van der Waals surface area contributed by atoms with E-state index in [0.29, 0.717) is 29.9 Å². The van der Waals surface area contributed by atoms with Crippen LogP contribution in [0, 0.1) is 0 Å². The number of aromatic nitrogens is 6. The third kappa shape index (κ3) is 3.31. The van der Waals surface area contributed by atoms with E-state index in [1.807, 2.05) is 54.6 Å². The van der Waals surface area contributed by atoms with Crippen molar-refractivity contribution in [2.45, 2.75) is 13.1 Å². The second-order valence-electron chi connectivity index (χ2n) is 6.65. The summed E-state index contributed by atoms with van der Waals surface area (Å²) in [5.41, 5.74) is 3.78. The highest BCUT2D eigenvalue weighted by Gasteiger charge is 2.12. The highest BCUT2D eigenvalue weighted by atomic mass is 16.1. The maximum Gasteiger partial charge on any atom is 0.269 e. The SMILES string of the molecule is O=c1cc2[nH]nc(NCc3ncnc4ccccc34)c2nn1Cc1ccccc1. The van der Waals surface area contributed by atoms with Crippen LogP contribution in [0.15, 0.2) is 71.8 Å². The highest BCUT2D eigenvalue weighted by molar-refractivity contribution is 5.85. The average Bonchev–Trinajstić information content (AvgIpc) is 3.14. The number of nitrogens with zero attached hydrogens (tertiary/aromatic N) is 5. The second-order valence-corrected chi connectivity index (χ2v) is 6.65. The molecule has 8 heteroatoms. The minimum Gasteiger partial charge on any atom is -0.361 e. The summed E-state index contributed by atoms with van der Waals surface area (Å²) in [4.78, 5) is 21.1. The third-order valence-electron chi connectivity index (χ3n) is 4.73. The molecule has 0 aliphatic rings. The lowest BCUT2D eigenvalue weighted by Gasteiger charge is -2.07. The fraction of sp³-hybridized carbons (Fsp3) is 0.0952. The number of H-pyrrole nitrogens is 1. The summed E-state index contributed by atoms with van der Waals surface area (Å²) in [6.07, 6.45) is 1.55. The first-order valence-corrected chi connectivity index (χ1v) is 9.20. The van der Waals surface area contributed by atoms with E-state index in [-0.39, 0.29) is 5.56 Å². The maximum absolute atomic E-state index is 12.4. The van der Waals surface area contributed by atoms with Crippen LogP contribution in [0.1, 0.15) is 11.3 Å². The van der Waals surface area contributed by atoms with Crippen LogP contribution >= 0.6 is 0 Å². The molecule has 3 aromatic heterocycles. The Balaban J connectivity index is 1.46. The van der Waals surface area contributed by atoms with Crippen LogP contribution in [0.25, 0.3) is 21.9 Å². The second kappa shape index (κ2) is 7.16. The van der Waals surface area contributed by atoms with Crippen LogP contribution in [0.2, 0.25) is 0 Å². The van der Waals surface area contributed by atoms with Crippen LogP contribution in [0.3, 0.4) is 0 Å². The van der Waals surface area contributed by atoms with Gasteiger partial charge in [-0.1, -0.05) is 48.5 Å². The molecule has 0 radical (unpaired) electrons. The molecule has 0 atom stereocenters. The number of nitrogens with one attached hydrogen (secondary N) is 2. The van der Waals surface area contributed by atoms with E-state index in [9.17, 15) is 4.79 Å². The molecule has 5 aromatic rings. The van der Waals surface area contributed by atoms with Crippen molar-refractivity contribution in [3.63, 3.8) is 0 Å². The number of hydrogen-bond acceptors (Lipinski definition) is 6. The van der Waals surface area contributed by atoms with Gasteiger partial charge in [0.05, 0.1) is 29.8 Å². The Labute approximate surface area is 165 Å². The zero-order valence-corrected chi connectivity index (χ0v) is 15.4. The van der Waals surface area contributed by atoms with Crippen LogP contribution in [0.4, 0.5) is 5.82 Å². The molecule has 0 spiro atoms. The van der Waals surface area contributed by atoms with Crippen molar-refractivity contribution in [1.82, 2.24) is 29.9 Å². The summed E-state index contributed by atoms with van der Waals surface area (Å²) in [5.74, 6) is 0.574. The lowest BCUT2D eigenvalue weighted by Crippen LogP contribution is -2.22. The van der Waals surface area contributed by atoms with Crippen LogP contribution in [0.5, 0.6) is 0 Å². The van der Waals surface area contributed by atoms with Crippen molar-refractivity contribution in [3.8, 4) is 0 Å². The summed E-state index contributed by atoms with van der Waals surface area (Å²) in [5, 5.41) is 15.9. The normalized spacial score (nSPS) is 11.2. The predicted octanol–water partition coefficient (Wildman–Crippen LogP) is 2.72. The number of para-hydroxylation sites is 1. The van der Waals surface area contributed by atoms with Crippen molar-refractivity contribution in [3.05, 3.63) is 88.6 Å². The van der Waals surface area contributed by atoms with Gasteiger partial charge in [-0.2, -0.15) is 10.2 Å². The van der Waals surface area contributed by atoms with Gasteiger partial charge in [0.1, 0.15) is 6.33 Å². The summed E-state index contributed by atoms with van der Waals surface area (Å²) >= 11 is 0. The minimum atomic E-state index is -0.182. The Morgan fingerprint density at radius 1 is 1.00 bits per heavy atom. The van der Waals surface area contributed by atoms with Crippen LogP contribution in [-0.4, -0.2) is 29.9 Å². The number of hydrogen-bond donors (Lipinski definition) is 2. The standard InChI is InChI=1S/C21H17N7O/c29-19-10-17-20(27-28(19)12-14-6-2-1-3-7-14)21(26-25-17)22-11-18-15-8-4-5-9-16(15)23-13-24-18/h1-10,13,25H,11-12H2,(H,22,26). The Bertz CT molecular complexity index is 1350. The molecule has 0 aliphatic heterocycles. The first-order valence-electron chi connectivity index (χ1n) is 9.20. The zero-order chi connectivity index (χ0) is 19.6. The molecule has 142 valence electrons. The number of anilines is 1. The van der Waals surface area contributed by atoms with Gasteiger partial charge in [0.25, 0.3) is 5.56 Å². The van der Waals surface area contributed by atoms with Crippen molar-refractivity contribution in [2.24, 2.45) is 0 Å². The van der Waals surface area contributed by atoms with Crippen molar-refractivity contribution in [1.29, 1.82) is 0 Å². The van der Waals surface area contributed by atoms with E-state index >= 15 is 0 Å². The van der Waals surface area contributed by atoms with E-state index in [0.717, 1.165) is 22.2 Å². The molecule has 2 N–H and O–H groups in total. The first kappa shape index (κ1) is 17.1. The van der Waals surface area contributed by atoms with Gasteiger partial charge < -0.3 is 5.32 Å². The third-order valence-corrected chi connectivity index (χ3v) is 4.73. The van der Waals surface area contributed by atoms with Crippen molar-refractivity contribution >= 4 is 27.8 Å². The molecular formula is C21H17N7O. The lowest BCUT2D eigenvalue weighted by molar-refractivity contribution is 0.653. The quantitative estimate of drug-likeness (QED) is 0.484. The summed E-state index contributed by atoms with van der Waals surface area (Å²) in [7, 11) is 0. The van der Waals surface area contributed by atoms with E-state index < -0.39 is 0 Å². The summed E-state index contributed by atoms with van der Waals surface area (Å²) in [6.45, 7) is 0.860. The van der Waals surface area contributed by atoms with Gasteiger partial charge in [-0.25, -0.2) is 14.6 Å². The predicted molar refractivity (Wildman–Crippen MR) is 111 cm³/mol. The van der Waals surface area contributed by atoms with E-state index in [1.165, 1.54) is 10.7 Å². The largest absolute Gasteiger partial charge is 0.361 e. The Morgan fingerprint density at radius 3 is 2.72 bits per heavy atom. The van der Waals surface area contributed by atoms with Crippen LogP contribution in [-0.2, 0) is 13.1 Å². The molecule has 2 aromatic carbocycles. The smallest absolute Gasteiger partial charge is 0.269 e. The number of fused-ring (bicyclic) bond motifs is 2. The van der Waals surface area contributed by atoms with Gasteiger partial charge in [0.15, 0.2) is 11.3 Å². The topological polar surface area (TPSA) is 101 Å². The van der Waals surface area contributed by atoms with E-state index in [4.69, 9.17) is 0 Å². The molecule has 0 amide bonds. The Hall–Kier alpha value is -4.07. The average molecular weight is 383 g/mol. The van der Waals surface area contributed by atoms with E-state index in [2.05, 4.69) is 30.6 Å². The zero-order valence-electron chi connectivity index (χ0n) is 15.4. The number of aromatic amines is 1. The van der Waals surface area contributed by atoms with Gasteiger partial charge in [-0.05, 0) is 11.6 Å². The molecule has 0 saturated carbocycles. The molecule has 0 fully saturated rings. The van der Waals surface area contributed by atoms with Gasteiger partial charge in [-0.15, -0.1) is 0 Å². The van der Waals surface area contributed by atoms with Crippen molar-refractivity contribution < 1.29 is 0 Å². The molecule has 0 aliphatic carbocycles. The minimum absolute atomic E-state index is 0.182. The molecule has 0 saturated heterocycles. The highest BCUT2D eigenvalue weighted by Crippen LogP contribution is 2.19. The fourth-order valence-electron chi connectivity index (χ4n) is 3.28. The fourth-order valence-corrected chi connectivity index (χ4v) is 3.28. The first-order chi connectivity index (χ1) is 14.3. The summed E-state index contributed by atoms with van der Waals surface area (Å²) in [6, 6.07) is 19.1. The number of rotatable bonds is 5. The van der Waals surface area contributed by atoms with Gasteiger partial charge in [0, 0.05) is 11.5 Å². The maximum atomic E-state index is 12.4. The Kier molecular flexibility index (Phi) is 4.21. The molecule has 8 nitrogen and oxygen atoms in total. The molecule has 5 rings (SSSR count). The molecule has 0 unspecified atom stereocenters. The molecule has 3 heterocycles. The summed E-state index contributed by atoms with van der Waals surface area (Å²) < 4.78 is 1.44. The molecule has 29 heavy (non-hydrogen) atoms. The van der Waals surface area contributed by atoms with Crippen molar-refractivity contribution in [2.75, 3.05) is 5.32 Å².